The summed E-state index contributed by atoms with van der Waals surface area (Å²) in [4.78, 5) is 11.6. The first-order valence-corrected chi connectivity index (χ1v) is 12.0. The Hall–Kier alpha value is -4.75. The molecular weight excluding hydrogens is 440 g/mol. The van der Waals surface area contributed by atoms with Crippen LogP contribution in [-0.4, -0.2) is 9.97 Å². The van der Waals surface area contributed by atoms with E-state index in [-0.39, 0.29) is 5.41 Å². The van der Waals surface area contributed by atoms with Gasteiger partial charge in [-0.1, -0.05) is 80.6 Å². The lowest BCUT2D eigenvalue weighted by molar-refractivity contribution is 0.632. The summed E-state index contributed by atoms with van der Waals surface area (Å²) in [5, 5.41) is 9.58. The molecule has 36 heavy (non-hydrogen) atoms. The van der Waals surface area contributed by atoms with E-state index >= 15 is 0 Å². The Morgan fingerprint density at radius 1 is 0.667 bits per heavy atom. The van der Waals surface area contributed by atoms with E-state index in [1.54, 1.807) is 6.07 Å². The zero-order valence-electron chi connectivity index (χ0n) is 20.2. The van der Waals surface area contributed by atoms with Gasteiger partial charge in [0.15, 0.2) is 5.82 Å². The SMILES string of the molecule is CC1(C)c2ccccc2N(c2ccc(-c3nc(C#N)cc(-c4ccccc4)n3)cc2)c2ccccc21. The summed E-state index contributed by atoms with van der Waals surface area (Å²) in [5.41, 5.74) is 8.84. The first-order valence-electron chi connectivity index (χ1n) is 12.0. The Kier molecular flexibility index (Phi) is 5.13. The maximum Gasteiger partial charge on any atom is 0.161 e. The lowest BCUT2D eigenvalue weighted by Gasteiger charge is -2.42. The van der Waals surface area contributed by atoms with Crippen molar-refractivity contribution in [3.05, 3.63) is 126 Å². The summed E-state index contributed by atoms with van der Waals surface area (Å²) in [7, 11) is 0. The molecule has 0 unspecified atom stereocenters. The summed E-state index contributed by atoms with van der Waals surface area (Å²) >= 11 is 0. The number of para-hydroxylation sites is 2. The van der Waals surface area contributed by atoms with Gasteiger partial charge in [-0.3, -0.25) is 0 Å². The Balaban J connectivity index is 1.44. The maximum atomic E-state index is 9.58. The molecule has 0 amide bonds. The van der Waals surface area contributed by atoms with Crippen LogP contribution in [-0.2, 0) is 5.41 Å². The molecule has 6 rings (SSSR count). The molecule has 2 heterocycles. The van der Waals surface area contributed by atoms with Crippen molar-refractivity contribution in [2.24, 2.45) is 0 Å². The highest BCUT2D eigenvalue weighted by molar-refractivity contribution is 5.86. The van der Waals surface area contributed by atoms with E-state index in [2.05, 4.69) is 90.5 Å². The molecule has 0 spiro atoms. The molecule has 0 fully saturated rings. The Morgan fingerprint density at radius 3 is 1.86 bits per heavy atom. The van der Waals surface area contributed by atoms with Crippen molar-refractivity contribution in [1.29, 1.82) is 5.26 Å². The van der Waals surface area contributed by atoms with E-state index in [0.717, 1.165) is 22.5 Å². The monoisotopic (exact) mass is 464 g/mol. The molecule has 4 nitrogen and oxygen atoms in total. The van der Waals surface area contributed by atoms with E-state index < -0.39 is 0 Å². The molecule has 172 valence electrons. The molecule has 1 aliphatic rings. The van der Waals surface area contributed by atoms with Crippen LogP contribution >= 0.6 is 0 Å². The predicted molar refractivity (Wildman–Crippen MR) is 144 cm³/mol. The van der Waals surface area contributed by atoms with Gasteiger partial charge in [0.25, 0.3) is 0 Å². The highest BCUT2D eigenvalue weighted by Crippen LogP contribution is 2.51. The minimum Gasteiger partial charge on any atom is -0.310 e. The number of nitriles is 1. The molecule has 1 aliphatic heterocycles. The minimum absolute atomic E-state index is 0.0942. The van der Waals surface area contributed by atoms with Crippen molar-refractivity contribution in [3.8, 4) is 28.7 Å². The van der Waals surface area contributed by atoms with Crippen molar-refractivity contribution in [1.82, 2.24) is 9.97 Å². The van der Waals surface area contributed by atoms with Crippen LogP contribution in [0.1, 0.15) is 30.7 Å². The van der Waals surface area contributed by atoms with E-state index in [4.69, 9.17) is 4.98 Å². The molecule has 0 saturated heterocycles. The molecule has 0 bridgehead atoms. The van der Waals surface area contributed by atoms with Crippen molar-refractivity contribution in [3.63, 3.8) is 0 Å². The van der Waals surface area contributed by atoms with Crippen molar-refractivity contribution < 1.29 is 0 Å². The van der Waals surface area contributed by atoms with E-state index in [1.807, 2.05) is 42.5 Å². The number of anilines is 3. The molecule has 0 aliphatic carbocycles. The molecule has 0 radical (unpaired) electrons. The average Bonchev–Trinajstić information content (AvgIpc) is 2.94. The minimum atomic E-state index is -0.0942. The van der Waals surface area contributed by atoms with Crippen LogP contribution in [0.2, 0.25) is 0 Å². The number of hydrogen-bond acceptors (Lipinski definition) is 4. The van der Waals surface area contributed by atoms with Gasteiger partial charge in [0.2, 0.25) is 0 Å². The summed E-state index contributed by atoms with van der Waals surface area (Å²) < 4.78 is 0. The number of benzene rings is 4. The first kappa shape index (κ1) is 21.8. The van der Waals surface area contributed by atoms with Crippen molar-refractivity contribution >= 4 is 17.1 Å². The standard InChI is InChI=1S/C32H24N4/c1-32(2)26-12-6-8-14-29(26)36(30-15-9-7-13-27(30)32)25-18-16-23(17-19-25)31-34-24(21-33)20-28(35-31)22-10-4-3-5-11-22/h3-20H,1-2H3. The second-order valence-corrected chi connectivity index (χ2v) is 9.48. The van der Waals surface area contributed by atoms with Crippen LogP contribution in [0, 0.1) is 11.3 Å². The van der Waals surface area contributed by atoms with Crippen LogP contribution in [0.5, 0.6) is 0 Å². The third-order valence-electron chi connectivity index (χ3n) is 6.93. The van der Waals surface area contributed by atoms with Gasteiger partial charge in [0.1, 0.15) is 11.8 Å². The Labute approximate surface area is 211 Å². The number of nitrogens with zero attached hydrogens (tertiary/aromatic N) is 4. The topological polar surface area (TPSA) is 52.8 Å². The number of rotatable bonds is 3. The third kappa shape index (κ3) is 3.54. The lowest BCUT2D eigenvalue weighted by Crippen LogP contribution is -2.30. The third-order valence-corrected chi connectivity index (χ3v) is 6.93. The van der Waals surface area contributed by atoms with Gasteiger partial charge in [-0.15, -0.1) is 0 Å². The summed E-state index contributed by atoms with van der Waals surface area (Å²) in [6.45, 7) is 4.57. The Morgan fingerprint density at radius 2 is 1.25 bits per heavy atom. The maximum absolute atomic E-state index is 9.58. The molecule has 0 atom stereocenters. The van der Waals surface area contributed by atoms with Crippen LogP contribution in [0.25, 0.3) is 22.6 Å². The van der Waals surface area contributed by atoms with Crippen LogP contribution in [0.4, 0.5) is 17.1 Å². The Bertz CT molecular complexity index is 1560. The summed E-state index contributed by atoms with van der Waals surface area (Å²) in [5.74, 6) is 0.542. The number of aromatic nitrogens is 2. The highest BCUT2D eigenvalue weighted by Gasteiger charge is 2.36. The van der Waals surface area contributed by atoms with Crippen LogP contribution in [0.3, 0.4) is 0 Å². The molecular formula is C32H24N4. The number of hydrogen-bond donors (Lipinski definition) is 0. The highest BCUT2D eigenvalue weighted by atomic mass is 15.2. The van der Waals surface area contributed by atoms with E-state index in [1.165, 1.54) is 22.5 Å². The fourth-order valence-corrected chi connectivity index (χ4v) is 5.10. The second kappa shape index (κ2) is 8.48. The van der Waals surface area contributed by atoms with Crippen LogP contribution < -0.4 is 4.90 Å². The van der Waals surface area contributed by atoms with Gasteiger partial charge in [0.05, 0.1) is 17.1 Å². The van der Waals surface area contributed by atoms with Gasteiger partial charge < -0.3 is 4.90 Å². The zero-order valence-corrected chi connectivity index (χ0v) is 20.2. The van der Waals surface area contributed by atoms with Gasteiger partial charge in [-0.2, -0.15) is 5.26 Å². The van der Waals surface area contributed by atoms with Gasteiger partial charge in [0, 0.05) is 28.3 Å². The molecule has 0 saturated carbocycles. The normalized spacial score (nSPS) is 13.4. The van der Waals surface area contributed by atoms with Gasteiger partial charge >= 0.3 is 0 Å². The van der Waals surface area contributed by atoms with E-state index in [9.17, 15) is 5.26 Å². The quantitative estimate of drug-likeness (QED) is 0.273. The zero-order chi connectivity index (χ0) is 24.7. The molecule has 4 heteroatoms. The molecule has 1 aromatic heterocycles. The van der Waals surface area contributed by atoms with Gasteiger partial charge in [-0.05, 0) is 47.5 Å². The number of fused-ring (bicyclic) bond motifs is 2. The average molecular weight is 465 g/mol. The fraction of sp³-hybridized carbons (Fsp3) is 0.0938. The molecule has 4 aromatic carbocycles. The van der Waals surface area contributed by atoms with E-state index in [0.29, 0.717) is 11.5 Å². The summed E-state index contributed by atoms with van der Waals surface area (Å²) in [6, 6.07) is 39.3. The lowest BCUT2D eigenvalue weighted by atomic mass is 9.73. The van der Waals surface area contributed by atoms with Gasteiger partial charge in [-0.25, -0.2) is 9.97 Å². The molecule has 0 N–H and O–H groups in total. The fourth-order valence-electron chi connectivity index (χ4n) is 5.10. The second-order valence-electron chi connectivity index (χ2n) is 9.48. The first-order chi connectivity index (χ1) is 17.6. The van der Waals surface area contributed by atoms with Crippen LogP contribution in [0.15, 0.2) is 109 Å². The predicted octanol–water partition coefficient (Wildman–Crippen LogP) is 7.79. The largest absolute Gasteiger partial charge is 0.310 e. The smallest absolute Gasteiger partial charge is 0.161 e. The molecule has 5 aromatic rings. The van der Waals surface area contributed by atoms with Crippen molar-refractivity contribution in [2.45, 2.75) is 19.3 Å². The summed E-state index contributed by atoms with van der Waals surface area (Å²) in [6.07, 6.45) is 0. The van der Waals surface area contributed by atoms with Crippen molar-refractivity contribution in [2.75, 3.05) is 4.90 Å².